The zero-order chi connectivity index (χ0) is 14.6. The van der Waals surface area contributed by atoms with E-state index in [1.165, 1.54) is 5.56 Å². The first-order valence-electron chi connectivity index (χ1n) is 7.54. The molecule has 0 spiro atoms. The molecule has 1 aromatic carbocycles. The third-order valence-electron chi connectivity index (χ3n) is 3.95. The Hall–Kier alpha value is -1.35. The van der Waals surface area contributed by atoms with Crippen LogP contribution in [0.5, 0.6) is 0 Å². The number of hydrogen-bond acceptors (Lipinski definition) is 2. The van der Waals surface area contributed by atoms with Crippen molar-refractivity contribution in [3.8, 4) is 0 Å². The van der Waals surface area contributed by atoms with E-state index in [1.807, 2.05) is 18.2 Å². The van der Waals surface area contributed by atoms with Gasteiger partial charge in [0.2, 0.25) is 5.91 Å². The average Bonchev–Trinajstić information content (AvgIpc) is 2.45. The molecule has 0 saturated carbocycles. The molecule has 1 aliphatic rings. The Morgan fingerprint density at radius 3 is 2.55 bits per heavy atom. The number of nitrogens with one attached hydrogen (secondary N) is 2. The van der Waals surface area contributed by atoms with Crippen molar-refractivity contribution in [3.05, 3.63) is 35.9 Å². The molecule has 2 rings (SSSR count). The normalized spacial score (nSPS) is 21.2. The summed E-state index contributed by atoms with van der Waals surface area (Å²) in [4.78, 5) is 12.5. The van der Waals surface area contributed by atoms with Gasteiger partial charge < -0.3 is 10.6 Å². The van der Waals surface area contributed by atoms with Gasteiger partial charge in [0.05, 0.1) is 12.0 Å². The van der Waals surface area contributed by atoms with Gasteiger partial charge in [-0.25, -0.2) is 0 Å². The summed E-state index contributed by atoms with van der Waals surface area (Å²) in [5, 5.41) is 6.57. The molecule has 1 fully saturated rings. The van der Waals surface area contributed by atoms with E-state index in [1.54, 1.807) is 0 Å². The lowest BCUT2D eigenvalue weighted by Gasteiger charge is -2.34. The second-order valence-electron chi connectivity index (χ2n) is 6.76. The predicted molar refractivity (Wildman–Crippen MR) is 82.4 cm³/mol. The van der Waals surface area contributed by atoms with Gasteiger partial charge in [-0.3, -0.25) is 4.79 Å². The van der Waals surface area contributed by atoms with Crippen molar-refractivity contribution in [3.63, 3.8) is 0 Å². The lowest BCUT2D eigenvalue weighted by atomic mass is 9.82. The molecule has 2 N–H and O–H groups in total. The Morgan fingerprint density at radius 1 is 1.30 bits per heavy atom. The number of carbonyl (C=O) groups is 1. The first kappa shape index (κ1) is 15.0. The van der Waals surface area contributed by atoms with Gasteiger partial charge in [0.15, 0.2) is 0 Å². The van der Waals surface area contributed by atoms with Crippen LogP contribution in [0.3, 0.4) is 0 Å². The van der Waals surface area contributed by atoms with E-state index in [9.17, 15) is 4.79 Å². The average molecular weight is 274 g/mol. The maximum atomic E-state index is 12.5. The number of piperidine rings is 1. The van der Waals surface area contributed by atoms with Gasteiger partial charge in [0, 0.05) is 6.54 Å². The fourth-order valence-electron chi connectivity index (χ4n) is 2.78. The van der Waals surface area contributed by atoms with Gasteiger partial charge in [0.25, 0.3) is 0 Å². The van der Waals surface area contributed by atoms with Crippen LogP contribution >= 0.6 is 0 Å². The Bertz CT molecular complexity index is 430. The number of amides is 1. The molecule has 1 heterocycles. The van der Waals surface area contributed by atoms with E-state index < -0.39 is 0 Å². The third kappa shape index (κ3) is 3.83. The monoisotopic (exact) mass is 274 g/mol. The topological polar surface area (TPSA) is 41.1 Å². The molecule has 0 radical (unpaired) electrons. The molecule has 3 nitrogen and oxygen atoms in total. The first-order valence-corrected chi connectivity index (χ1v) is 7.54. The summed E-state index contributed by atoms with van der Waals surface area (Å²) in [6, 6.07) is 10.3. The quantitative estimate of drug-likeness (QED) is 0.890. The molecule has 1 aliphatic heterocycles. The summed E-state index contributed by atoms with van der Waals surface area (Å²) in [6.07, 6.45) is 2.08. The Morgan fingerprint density at radius 2 is 2.00 bits per heavy atom. The SMILES string of the molecule is CC(C)(C)C(NC(=O)[C@@H]1CCCNC1)c1ccccc1. The summed E-state index contributed by atoms with van der Waals surface area (Å²) >= 11 is 0. The van der Waals surface area contributed by atoms with Crippen molar-refractivity contribution in [2.45, 2.75) is 39.7 Å². The van der Waals surface area contributed by atoms with Crippen LogP contribution in [-0.4, -0.2) is 19.0 Å². The lowest BCUT2D eigenvalue weighted by molar-refractivity contribution is -0.127. The number of carbonyl (C=O) groups excluding carboxylic acids is 1. The molecule has 1 amide bonds. The van der Waals surface area contributed by atoms with E-state index in [0.717, 1.165) is 25.9 Å². The predicted octanol–water partition coefficient (Wildman–Crippen LogP) is 2.89. The molecule has 1 saturated heterocycles. The molecule has 1 unspecified atom stereocenters. The fourth-order valence-corrected chi connectivity index (χ4v) is 2.78. The van der Waals surface area contributed by atoms with Crippen LogP contribution in [0.1, 0.15) is 45.2 Å². The van der Waals surface area contributed by atoms with Crippen LogP contribution in [0.25, 0.3) is 0 Å². The van der Waals surface area contributed by atoms with Crippen LogP contribution < -0.4 is 10.6 Å². The third-order valence-corrected chi connectivity index (χ3v) is 3.95. The van der Waals surface area contributed by atoms with Gasteiger partial charge >= 0.3 is 0 Å². The highest BCUT2D eigenvalue weighted by molar-refractivity contribution is 5.79. The highest BCUT2D eigenvalue weighted by atomic mass is 16.2. The molecule has 0 bridgehead atoms. The summed E-state index contributed by atoms with van der Waals surface area (Å²) < 4.78 is 0. The van der Waals surface area contributed by atoms with Crippen LogP contribution in [0.4, 0.5) is 0 Å². The Labute approximate surface area is 122 Å². The van der Waals surface area contributed by atoms with Crippen LogP contribution in [0.2, 0.25) is 0 Å². The van der Waals surface area contributed by atoms with Crippen molar-refractivity contribution in [2.24, 2.45) is 11.3 Å². The van der Waals surface area contributed by atoms with Crippen LogP contribution in [0.15, 0.2) is 30.3 Å². The van der Waals surface area contributed by atoms with Gasteiger partial charge in [-0.2, -0.15) is 0 Å². The standard InChI is InChI=1S/C17H26N2O/c1-17(2,3)15(13-8-5-4-6-9-13)19-16(20)14-10-7-11-18-12-14/h4-6,8-9,14-15,18H,7,10-12H2,1-3H3,(H,19,20)/t14-,15?/m1/s1. The highest BCUT2D eigenvalue weighted by Crippen LogP contribution is 2.33. The van der Waals surface area contributed by atoms with E-state index >= 15 is 0 Å². The van der Waals surface area contributed by atoms with Crippen molar-refractivity contribution >= 4 is 5.91 Å². The van der Waals surface area contributed by atoms with E-state index in [0.29, 0.717) is 0 Å². The van der Waals surface area contributed by atoms with Gasteiger partial charge in [-0.15, -0.1) is 0 Å². The van der Waals surface area contributed by atoms with Crippen LogP contribution in [-0.2, 0) is 4.79 Å². The fraction of sp³-hybridized carbons (Fsp3) is 0.588. The second-order valence-corrected chi connectivity index (χ2v) is 6.76. The molecular formula is C17H26N2O. The largest absolute Gasteiger partial charge is 0.348 e. The molecule has 0 aliphatic carbocycles. The molecular weight excluding hydrogens is 248 g/mol. The second kappa shape index (κ2) is 6.40. The maximum absolute atomic E-state index is 12.5. The van der Waals surface area contributed by atoms with Gasteiger partial charge in [-0.1, -0.05) is 51.1 Å². The van der Waals surface area contributed by atoms with Crippen molar-refractivity contribution in [1.82, 2.24) is 10.6 Å². The molecule has 3 heteroatoms. The number of benzene rings is 1. The summed E-state index contributed by atoms with van der Waals surface area (Å²) in [6.45, 7) is 8.35. The summed E-state index contributed by atoms with van der Waals surface area (Å²) in [5.41, 5.74) is 1.18. The van der Waals surface area contributed by atoms with Gasteiger partial charge in [0.1, 0.15) is 0 Å². The van der Waals surface area contributed by atoms with E-state index in [4.69, 9.17) is 0 Å². The summed E-state index contributed by atoms with van der Waals surface area (Å²) in [5.74, 6) is 0.290. The van der Waals surface area contributed by atoms with Crippen LogP contribution in [0, 0.1) is 11.3 Å². The zero-order valence-electron chi connectivity index (χ0n) is 12.8. The molecule has 110 valence electrons. The Kier molecular flexibility index (Phi) is 4.81. The minimum atomic E-state index is -0.000884. The molecule has 1 aromatic rings. The van der Waals surface area contributed by atoms with Gasteiger partial charge in [-0.05, 0) is 30.4 Å². The molecule has 20 heavy (non-hydrogen) atoms. The number of rotatable bonds is 3. The smallest absolute Gasteiger partial charge is 0.224 e. The number of hydrogen-bond donors (Lipinski definition) is 2. The van der Waals surface area contributed by atoms with Crippen molar-refractivity contribution < 1.29 is 4.79 Å². The zero-order valence-corrected chi connectivity index (χ0v) is 12.8. The highest BCUT2D eigenvalue weighted by Gasteiger charge is 2.30. The van der Waals surface area contributed by atoms with E-state index in [2.05, 4.69) is 43.5 Å². The molecule has 2 atom stereocenters. The van der Waals surface area contributed by atoms with Crippen molar-refractivity contribution in [2.75, 3.05) is 13.1 Å². The maximum Gasteiger partial charge on any atom is 0.224 e. The minimum absolute atomic E-state index is 0.000884. The molecule has 0 aromatic heterocycles. The first-order chi connectivity index (χ1) is 9.48. The lowest BCUT2D eigenvalue weighted by Crippen LogP contribution is -2.44. The minimum Gasteiger partial charge on any atom is -0.348 e. The summed E-state index contributed by atoms with van der Waals surface area (Å²) in [7, 11) is 0. The Balaban J connectivity index is 2.10. The van der Waals surface area contributed by atoms with E-state index in [-0.39, 0.29) is 23.3 Å². The van der Waals surface area contributed by atoms with Crippen molar-refractivity contribution in [1.29, 1.82) is 0 Å².